The summed E-state index contributed by atoms with van der Waals surface area (Å²) in [5.41, 5.74) is 2.63. The Labute approximate surface area is 156 Å². The highest BCUT2D eigenvalue weighted by atomic mass is 19.1. The topological polar surface area (TPSA) is 46.9 Å². The lowest BCUT2D eigenvalue weighted by Gasteiger charge is -2.37. The second-order valence-corrected chi connectivity index (χ2v) is 7.78. The van der Waals surface area contributed by atoms with Crippen LogP contribution in [-0.4, -0.2) is 15.5 Å². The van der Waals surface area contributed by atoms with E-state index in [0.29, 0.717) is 17.5 Å². The number of anilines is 1. The molecule has 1 heterocycles. The maximum atomic E-state index is 13.8. The molecule has 1 aliphatic rings. The van der Waals surface area contributed by atoms with Crippen molar-refractivity contribution in [1.29, 1.82) is 0 Å². The first-order valence-corrected chi connectivity index (χ1v) is 9.08. The van der Waals surface area contributed by atoms with Gasteiger partial charge in [-0.3, -0.25) is 14.7 Å². The molecule has 0 atom stereocenters. The highest BCUT2D eigenvalue weighted by molar-refractivity contribution is 5.93. The predicted octanol–water partition coefficient (Wildman–Crippen LogP) is 5.13. The standard InChI is InChI=1S/C21H21F2N3O/c1-13-4-5-17-18(8-13)26(16-10-14(22)9-15(23)11-16)20(24-17)25-19(27)12-21(2)6-3-7-21/h4-5,8-11H,3,6-7,12H2,1-2H3,(H,24,25,27). The highest BCUT2D eigenvalue weighted by Crippen LogP contribution is 2.43. The number of fused-ring (bicyclic) bond motifs is 1. The van der Waals surface area contributed by atoms with Crippen LogP contribution in [0.5, 0.6) is 0 Å². The lowest BCUT2D eigenvalue weighted by molar-refractivity contribution is -0.119. The van der Waals surface area contributed by atoms with E-state index in [4.69, 9.17) is 0 Å². The van der Waals surface area contributed by atoms with Gasteiger partial charge in [-0.25, -0.2) is 13.8 Å². The number of rotatable bonds is 4. The lowest BCUT2D eigenvalue weighted by Crippen LogP contribution is -2.31. The van der Waals surface area contributed by atoms with Gasteiger partial charge in [0.1, 0.15) is 11.6 Å². The van der Waals surface area contributed by atoms with Gasteiger partial charge in [-0.15, -0.1) is 0 Å². The van der Waals surface area contributed by atoms with Crippen LogP contribution < -0.4 is 5.32 Å². The van der Waals surface area contributed by atoms with Crippen molar-refractivity contribution in [2.75, 3.05) is 5.32 Å². The fraction of sp³-hybridized carbons (Fsp3) is 0.333. The third kappa shape index (κ3) is 3.44. The van der Waals surface area contributed by atoms with Gasteiger partial charge in [0.05, 0.1) is 16.7 Å². The van der Waals surface area contributed by atoms with Crippen molar-refractivity contribution < 1.29 is 13.6 Å². The first-order valence-electron chi connectivity index (χ1n) is 9.08. The summed E-state index contributed by atoms with van der Waals surface area (Å²) in [7, 11) is 0. The summed E-state index contributed by atoms with van der Waals surface area (Å²) in [4.78, 5) is 17.1. The number of amides is 1. The van der Waals surface area contributed by atoms with Gasteiger partial charge in [0.15, 0.2) is 0 Å². The molecule has 2 aromatic carbocycles. The van der Waals surface area contributed by atoms with Crippen molar-refractivity contribution in [2.45, 2.75) is 39.5 Å². The molecule has 0 radical (unpaired) electrons. The van der Waals surface area contributed by atoms with Crippen LogP contribution in [0.2, 0.25) is 0 Å². The van der Waals surface area contributed by atoms with E-state index in [1.807, 2.05) is 25.1 Å². The molecule has 27 heavy (non-hydrogen) atoms. The first-order chi connectivity index (χ1) is 12.8. The largest absolute Gasteiger partial charge is 0.296 e. The zero-order chi connectivity index (χ0) is 19.2. The lowest BCUT2D eigenvalue weighted by atomic mass is 9.68. The van der Waals surface area contributed by atoms with Crippen LogP contribution in [0.3, 0.4) is 0 Å². The smallest absolute Gasteiger partial charge is 0.227 e. The van der Waals surface area contributed by atoms with Gasteiger partial charge in [-0.05, 0) is 55.0 Å². The molecular formula is C21H21F2N3O. The van der Waals surface area contributed by atoms with Crippen LogP contribution in [0.15, 0.2) is 36.4 Å². The van der Waals surface area contributed by atoms with Gasteiger partial charge < -0.3 is 0 Å². The van der Waals surface area contributed by atoms with Crippen LogP contribution in [-0.2, 0) is 4.79 Å². The maximum absolute atomic E-state index is 13.8. The molecule has 1 N–H and O–H groups in total. The molecule has 0 bridgehead atoms. The Morgan fingerprint density at radius 3 is 2.52 bits per heavy atom. The predicted molar refractivity (Wildman–Crippen MR) is 101 cm³/mol. The third-order valence-electron chi connectivity index (χ3n) is 5.31. The van der Waals surface area contributed by atoms with Crippen LogP contribution in [0, 0.1) is 24.0 Å². The number of halogens is 2. The molecule has 1 fully saturated rings. The number of nitrogens with zero attached hydrogens (tertiary/aromatic N) is 2. The number of hydrogen-bond acceptors (Lipinski definition) is 2. The Morgan fingerprint density at radius 2 is 1.89 bits per heavy atom. The molecule has 1 saturated carbocycles. The van der Waals surface area contributed by atoms with Gasteiger partial charge >= 0.3 is 0 Å². The zero-order valence-corrected chi connectivity index (χ0v) is 15.4. The zero-order valence-electron chi connectivity index (χ0n) is 15.4. The summed E-state index contributed by atoms with van der Waals surface area (Å²) < 4.78 is 29.2. The summed E-state index contributed by atoms with van der Waals surface area (Å²) in [6.45, 7) is 4.03. The van der Waals surface area contributed by atoms with E-state index in [0.717, 1.165) is 30.9 Å². The molecule has 3 aromatic rings. The van der Waals surface area contributed by atoms with Crippen molar-refractivity contribution in [3.8, 4) is 5.69 Å². The fourth-order valence-electron chi connectivity index (χ4n) is 3.71. The second kappa shape index (κ2) is 6.44. The molecule has 0 aliphatic heterocycles. The van der Waals surface area contributed by atoms with Crippen molar-refractivity contribution in [3.63, 3.8) is 0 Å². The van der Waals surface area contributed by atoms with Crippen molar-refractivity contribution in [2.24, 2.45) is 5.41 Å². The van der Waals surface area contributed by atoms with E-state index < -0.39 is 11.6 Å². The minimum Gasteiger partial charge on any atom is -0.296 e. The molecular weight excluding hydrogens is 348 g/mol. The molecule has 4 nitrogen and oxygen atoms in total. The third-order valence-corrected chi connectivity index (χ3v) is 5.31. The van der Waals surface area contributed by atoms with Crippen LogP contribution in [0.1, 0.15) is 38.2 Å². The number of benzene rings is 2. The van der Waals surface area contributed by atoms with E-state index in [1.165, 1.54) is 12.1 Å². The van der Waals surface area contributed by atoms with Gasteiger partial charge in [0, 0.05) is 12.5 Å². The minimum absolute atomic E-state index is 0.0302. The highest BCUT2D eigenvalue weighted by Gasteiger charge is 2.34. The summed E-state index contributed by atoms with van der Waals surface area (Å²) >= 11 is 0. The summed E-state index contributed by atoms with van der Waals surface area (Å²) in [6, 6.07) is 8.91. The fourth-order valence-corrected chi connectivity index (χ4v) is 3.71. The van der Waals surface area contributed by atoms with Crippen LogP contribution >= 0.6 is 0 Å². The normalized spacial score (nSPS) is 15.6. The molecule has 6 heteroatoms. The minimum atomic E-state index is -0.682. The molecule has 0 saturated heterocycles. The SMILES string of the molecule is Cc1ccc2nc(NC(=O)CC3(C)CCC3)n(-c3cc(F)cc(F)c3)c2c1. The molecule has 0 spiro atoms. The van der Waals surface area contributed by atoms with Crippen LogP contribution in [0.25, 0.3) is 16.7 Å². The van der Waals surface area contributed by atoms with Gasteiger partial charge in [-0.1, -0.05) is 19.4 Å². The van der Waals surface area contributed by atoms with E-state index in [9.17, 15) is 13.6 Å². The summed E-state index contributed by atoms with van der Waals surface area (Å²) in [5, 5.41) is 2.85. The molecule has 0 unspecified atom stereocenters. The monoisotopic (exact) mass is 369 g/mol. The number of aryl methyl sites for hydroxylation is 1. The van der Waals surface area contributed by atoms with Gasteiger partial charge in [-0.2, -0.15) is 0 Å². The Balaban J connectivity index is 1.78. The molecule has 4 rings (SSSR count). The van der Waals surface area contributed by atoms with E-state index in [1.54, 1.807) is 4.57 Å². The average molecular weight is 369 g/mol. The van der Waals surface area contributed by atoms with Crippen molar-refractivity contribution >= 4 is 22.9 Å². The molecule has 1 amide bonds. The quantitative estimate of drug-likeness (QED) is 0.693. The number of imidazole rings is 1. The number of carbonyl (C=O) groups excluding carboxylic acids is 1. The molecule has 1 aliphatic carbocycles. The number of carbonyl (C=O) groups is 1. The van der Waals surface area contributed by atoms with E-state index >= 15 is 0 Å². The summed E-state index contributed by atoms with van der Waals surface area (Å²) in [6.07, 6.45) is 3.62. The molecule has 1 aromatic heterocycles. The van der Waals surface area contributed by atoms with Crippen molar-refractivity contribution in [1.82, 2.24) is 9.55 Å². The molecule has 140 valence electrons. The second-order valence-electron chi connectivity index (χ2n) is 7.78. The Hall–Kier alpha value is -2.76. The van der Waals surface area contributed by atoms with Gasteiger partial charge in [0.2, 0.25) is 11.9 Å². The Morgan fingerprint density at radius 1 is 1.19 bits per heavy atom. The number of hydrogen-bond donors (Lipinski definition) is 1. The maximum Gasteiger partial charge on any atom is 0.227 e. The average Bonchev–Trinajstić information content (AvgIpc) is 2.89. The van der Waals surface area contributed by atoms with E-state index in [-0.39, 0.29) is 23.0 Å². The first kappa shape index (κ1) is 17.6. The number of nitrogens with one attached hydrogen (secondary N) is 1. The van der Waals surface area contributed by atoms with Crippen molar-refractivity contribution in [3.05, 3.63) is 53.6 Å². The van der Waals surface area contributed by atoms with Gasteiger partial charge in [0.25, 0.3) is 0 Å². The Kier molecular flexibility index (Phi) is 4.21. The Bertz CT molecular complexity index is 1020. The van der Waals surface area contributed by atoms with E-state index in [2.05, 4.69) is 17.2 Å². The van der Waals surface area contributed by atoms with Crippen LogP contribution in [0.4, 0.5) is 14.7 Å². The number of aromatic nitrogens is 2. The summed E-state index contributed by atoms with van der Waals surface area (Å²) in [5.74, 6) is -1.23.